The van der Waals surface area contributed by atoms with E-state index < -0.39 is 10.0 Å². The summed E-state index contributed by atoms with van der Waals surface area (Å²) in [6, 6.07) is 4.93. The highest BCUT2D eigenvalue weighted by atomic mass is 32.2. The van der Waals surface area contributed by atoms with Crippen LogP contribution in [0.5, 0.6) is 5.75 Å². The molecule has 0 radical (unpaired) electrons. The topological polar surface area (TPSA) is 59.5 Å². The van der Waals surface area contributed by atoms with Crippen LogP contribution in [0.3, 0.4) is 0 Å². The number of aromatic nitrogens is 1. The number of ether oxygens (including phenoxy) is 1. The average molecular weight is 312 g/mol. The van der Waals surface area contributed by atoms with Crippen LogP contribution in [-0.4, -0.2) is 31.9 Å². The first-order valence-corrected chi connectivity index (χ1v) is 8.26. The van der Waals surface area contributed by atoms with Crippen molar-refractivity contribution >= 4 is 21.4 Å². The maximum absolute atomic E-state index is 12.5. The molecule has 1 aromatic carbocycles. The van der Waals surface area contributed by atoms with Gasteiger partial charge in [0.05, 0.1) is 18.6 Å². The first kappa shape index (κ1) is 15.0. The first-order chi connectivity index (χ1) is 9.45. The van der Waals surface area contributed by atoms with Crippen molar-refractivity contribution in [3.8, 4) is 5.75 Å². The Labute approximate surface area is 122 Å². The summed E-state index contributed by atoms with van der Waals surface area (Å²) in [6.07, 6.45) is 1.67. The smallest absolute Gasteiger partial charge is 0.243 e. The molecule has 0 bridgehead atoms. The third-order valence-corrected chi connectivity index (χ3v) is 5.64. The van der Waals surface area contributed by atoms with Gasteiger partial charge in [0.15, 0.2) is 0 Å². The SMILES string of the molecule is COc1ccc(S(=O)(=O)N(C)Cc2nccs2)c(C)c1. The minimum Gasteiger partial charge on any atom is -0.497 e. The third-order valence-electron chi connectivity index (χ3n) is 2.91. The molecule has 1 heterocycles. The summed E-state index contributed by atoms with van der Waals surface area (Å²) >= 11 is 1.44. The largest absolute Gasteiger partial charge is 0.497 e. The number of hydrogen-bond acceptors (Lipinski definition) is 5. The number of hydrogen-bond donors (Lipinski definition) is 0. The normalized spacial score (nSPS) is 11.8. The molecule has 0 unspecified atom stereocenters. The van der Waals surface area contributed by atoms with E-state index in [4.69, 9.17) is 4.74 Å². The van der Waals surface area contributed by atoms with Gasteiger partial charge in [-0.3, -0.25) is 0 Å². The quantitative estimate of drug-likeness (QED) is 0.850. The zero-order valence-corrected chi connectivity index (χ0v) is 13.2. The average Bonchev–Trinajstić information content (AvgIpc) is 2.91. The van der Waals surface area contributed by atoms with E-state index in [-0.39, 0.29) is 11.4 Å². The zero-order valence-electron chi connectivity index (χ0n) is 11.5. The summed E-state index contributed by atoms with van der Waals surface area (Å²) < 4.78 is 31.5. The Kier molecular flexibility index (Phi) is 4.42. The maximum Gasteiger partial charge on any atom is 0.243 e. The Hall–Kier alpha value is -1.44. The van der Waals surface area contributed by atoms with Gasteiger partial charge in [0, 0.05) is 18.6 Å². The molecule has 0 atom stereocenters. The van der Waals surface area contributed by atoms with E-state index in [1.165, 1.54) is 15.6 Å². The van der Waals surface area contributed by atoms with Crippen molar-refractivity contribution in [1.82, 2.24) is 9.29 Å². The lowest BCUT2D eigenvalue weighted by molar-refractivity contribution is 0.413. The second-order valence-corrected chi connectivity index (χ2v) is 7.31. The summed E-state index contributed by atoms with van der Waals surface area (Å²) in [5.74, 6) is 0.643. The highest BCUT2D eigenvalue weighted by Gasteiger charge is 2.23. The van der Waals surface area contributed by atoms with Crippen LogP contribution in [0.25, 0.3) is 0 Å². The van der Waals surface area contributed by atoms with E-state index in [1.54, 1.807) is 45.5 Å². The summed E-state index contributed by atoms with van der Waals surface area (Å²) in [5.41, 5.74) is 0.662. The molecule has 0 N–H and O–H groups in total. The van der Waals surface area contributed by atoms with Gasteiger partial charge in [0.25, 0.3) is 0 Å². The molecule has 0 saturated carbocycles. The van der Waals surface area contributed by atoms with Gasteiger partial charge in [-0.05, 0) is 30.7 Å². The predicted octanol–water partition coefficient (Wildman–Crippen LogP) is 2.28. The standard InChI is InChI=1S/C13H16N2O3S2/c1-10-8-11(18-3)4-5-12(10)20(16,17)15(2)9-13-14-6-7-19-13/h4-8H,9H2,1-3H3. The fourth-order valence-corrected chi connectivity index (χ4v) is 3.90. The van der Waals surface area contributed by atoms with Crippen molar-refractivity contribution in [3.05, 3.63) is 40.3 Å². The van der Waals surface area contributed by atoms with Crippen LogP contribution in [0.2, 0.25) is 0 Å². The molecule has 5 nitrogen and oxygen atoms in total. The Morgan fingerprint density at radius 1 is 1.40 bits per heavy atom. The second kappa shape index (κ2) is 5.90. The third kappa shape index (κ3) is 3.00. The van der Waals surface area contributed by atoms with Crippen LogP contribution in [0.15, 0.2) is 34.7 Å². The van der Waals surface area contributed by atoms with Crippen LogP contribution in [0.4, 0.5) is 0 Å². The summed E-state index contributed by atoms with van der Waals surface area (Å²) in [4.78, 5) is 4.39. The van der Waals surface area contributed by atoms with E-state index in [9.17, 15) is 8.42 Å². The Balaban J connectivity index is 2.30. The van der Waals surface area contributed by atoms with Gasteiger partial charge in [-0.25, -0.2) is 13.4 Å². The van der Waals surface area contributed by atoms with Crippen LogP contribution >= 0.6 is 11.3 Å². The Bertz CT molecular complexity index is 682. The number of thiazole rings is 1. The number of rotatable bonds is 5. The molecule has 0 aliphatic carbocycles. The molecule has 0 aliphatic rings. The van der Waals surface area contributed by atoms with Crippen LogP contribution < -0.4 is 4.74 Å². The van der Waals surface area contributed by atoms with Crippen LogP contribution in [0.1, 0.15) is 10.6 Å². The Morgan fingerprint density at radius 3 is 2.70 bits per heavy atom. The molecule has 7 heteroatoms. The van der Waals surface area contributed by atoms with Gasteiger partial charge in [0.2, 0.25) is 10.0 Å². The van der Waals surface area contributed by atoms with Crippen LogP contribution in [0, 0.1) is 6.92 Å². The van der Waals surface area contributed by atoms with E-state index in [0.29, 0.717) is 11.3 Å². The highest BCUT2D eigenvalue weighted by Crippen LogP contribution is 2.24. The highest BCUT2D eigenvalue weighted by molar-refractivity contribution is 7.89. The van der Waals surface area contributed by atoms with E-state index in [2.05, 4.69) is 4.98 Å². The van der Waals surface area contributed by atoms with Crippen LogP contribution in [-0.2, 0) is 16.6 Å². The number of nitrogens with zero attached hydrogens (tertiary/aromatic N) is 2. The van der Waals surface area contributed by atoms with Crippen molar-refractivity contribution in [1.29, 1.82) is 0 Å². The van der Waals surface area contributed by atoms with Gasteiger partial charge < -0.3 is 4.74 Å². The van der Waals surface area contributed by atoms with Gasteiger partial charge in [-0.2, -0.15) is 4.31 Å². The van der Waals surface area contributed by atoms with Gasteiger partial charge in [-0.1, -0.05) is 0 Å². The molecule has 2 rings (SSSR count). The lowest BCUT2D eigenvalue weighted by atomic mass is 10.2. The Morgan fingerprint density at radius 2 is 2.15 bits per heavy atom. The summed E-state index contributed by atoms with van der Waals surface area (Å²) in [5, 5.41) is 2.59. The molecular formula is C13H16N2O3S2. The number of benzene rings is 1. The molecule has 0 fully saturated rings. The van der Waals surface area contributed by atoms with Crippen molar-refractivity contribution in [2.75, 3.05) is 14.2 Å². The summed E-state index contributed by atoms with van der Waals surface area (Å²) in [7, 11) is -0.417. The zero-order chi connectivity index (χ0) is 14.8. The molecule has 0 saturated heterocycles. The van der Waals surface area contributed by atoms with Gasteiger partial charge in [0.1, 0.15) is 10.8 Å². The predicted molar refractivity (Wildman–Crippen MR) is 78.5 cm³/mol. The van der Waals surface area contributed by atoms with Gasteiger partial charge >= 0.3 is 0 Å². The molecule has 0 spiro atoms. The summed E-state index contributed by atoms with van der Waals surface area (Å²) in [6.45, 7) is 2.03. The second-order valence-electron chi connectivity index (χ2n) is 4.32. The minimum atomic E-state index is -3.53. The fourth-order valence-electron chi connectivity index (χ4n) is 1.81. The molecule has 108 valence electrons. The molecule has 20 heavy (non-hydrogen) atoms. The van der Waals surface area contributed by atoms with Gasteiger partial charge in [-0.15, -0.1) is 11.3 Å². The molecular weight excluding hydrogens is 296 g/mol. The number of methoxy groups -OCH3 is 1. The van der Waals surface area contributed by atoms with Crippen molar-refractivity contribution in [2.24, 2.45) is 0 Å². The first-order valence-electron chi connectivity index (χ1n) is 5.94. The molecule has 1 aromatic heterocycles. The van der Waals surface area contributed by atoms with Crippen molar-refractivity contribution < 1.29 is 13.2 Å². The number of sulfonamides is 1. The lowest BCUT2D eigenvalue weighted by Crippen LogP contribution is -2.27. The number of aryl methyl sites for hydroxylation is 1. The molecule has 2 aromatic rings. The molecule has 0 aliphatic heterocycles. The van der Waals surface area contributed by atoms with Crippen molar-refractivity contribution in [3.63, 3.8) is 0 Å². The van der Waals surface area contributed by atoms with E-state index in [0.717, 1.165) is 5.01 Å². The fraction of sp³-hybridized carbons (Fsp3) is 0.308. The maximum atomic E-state index is 12.5. The lowest BCUT2D eigenvalue weighted by Gasteiger charge is -2.17. The van der Waals surface area contributed by atoms with E-state index >= 15 is 0 Å². The molecule has 0 amide bonds. The van der Waals surface area contributed by atoms with E-state index in [1.807, 2.05) is 5.38 Å². The monoisotopic (exact) mass is 312 g/mol. The minimum absolute atomic E-state index is 0.269. The van der Waals surface area contributed by atoms with Crippen molar-refractivity contribution in [2.45, 2.75) is 18.4 Å².